The molecule has 2 nitrogen and oxygen atoms in total. The first-order valence-electron chi connectivity index (χ1n) is 6.59. The smallest absolute Gasteiger partial charge is 0.0594 e. The van der Waals surface area contributed by atoms with Crippen molar-refractivity contribution < 1.29 is 4.74 Å². The van der Waals surface area contributed by atoms with Gasteiger partial charge in [-0.25, -0.2) is 0 Å². The first-order chi connectivity index (χ1) is 7.29. The van der Waals surface area contributed by atoms with E-state index in [0.29, 0.717) is 0 Å². The molecule has 1 aliphatic rings. The molecule has 0 saturated carbocycles. The summed E-state index contributed by atoms with van der Waals surface area (Å²) >= 11 is 0. The lowest BCUT2D eigenvalue weighted by atomic mass is 10.1. The molecule has 1 fully saturated rings. The van der Waals surface area contributed by atoms with E-state index in [9.17, 15) is 0 Å². The van der Waals surface area contributed by atoms with Crippen LogP contribution in [0, 0.1) is 5.92 Å². The van der Waals surface area contributed by atoms with Gasteiger partial charge in [-0.05, 0) is 18.9 Å². The minimum atomic E-state index is 0.831. The van der Waals surface area contributed by atoms with Crippen molar-refractivity contribution in [2.45, 2.75) is 48.0 Å². The summed E-state index contributed by atoms with van der Waals surface area (Å²) in [6, 6.07) is 0. The second-order valence-corrected chi connectivity index (χ2v) is 3.64. The molecule has 0 aromatic rings. The highest BCUT2D eigenvalue weighted by Gasteiger charge is 2.09. The Labute approximate surface area is 97.0 Å². The third-order valence-corrected chi connectivity index (χ3v) is 2.13. The van der Waals surface area contributed by atoms with E-state index in [2.05, 4.69) is 18.7 Å². The molecule has 0 aromatic heterocycles. The standard InChI is InChI=1S/C9H19NO.2C2H6/c1-9(2)3-4-10-5-7-11-8-6-10;2*1-2/h9H,3-8H2,1-2H3;2*1-2H3. The third kappa shape index (κ3) is 11.8. The lowest BCUT2D eigenvalue weighted by Gasteiger charge is -2.26. The summed E-state index contributed by atoms with van der Waals surface area (Å²) in [5, 5.41) is 0. The molecule has 1 aliphatic heterocycles. The maximum absolute atomic E-state index is 5.26. The van der Waals surface area contributed by atoms with Gasteiger partial charge in [-0.15, -0.1) is 0 Å². The summed E-state index contributed by atoms with van der Waals surface area (Å²) in [4.78, 5) is 2.49. The Morgan fingerprint density at radius 1 is 1.00 bits per heavy atom. The highest BCUT2D eigenvalue weighted by Crippen LogP contribution is 2.03. The van der Waals surface area contributed by atoms with Gasteiger partial charge >= 0.3 is 0 Å². The normalized spacial score (nSPS) is 16.2. The Hall–Kier alpha value is -0.0800. The number of hydrogen-bond acceptors (Lipinski definition) is 2. The lowest BCUT2D eigenvalue weighted by molar-refractivity contribution is 0.0360. The fourth-order valence-electron chi connectivity index (χ4n) is 1.27. The van der Waals surface area contributed by atoms with Crippen LogP contribution in [-0.4, -0.2) is 37.7 Å². The molecule has 0 bridgehead atoms. The summed E-state index contributed by atoms with van der Waals surface area (Å²) in [6.45, 7) is 17.9. The quantitative estimate of drug-likeness (QED) is 0.718. The zero-order valence-electron chi connectivity index (χ0n) is 11.7. The molecule has 15 heavy (non-hydrogen) atoms. The van der Waals surface area contributed by atoms with Crippen LogP contribution in [-0.2, 0) is 4.74 Å². The van der Waals surface area contributed by atoms with E-state index >= 15 is 0 Å². The van der Waals surface area contributed by atoms with Crippen LogP contribution < -0.4 is 0 Å². The summed E-state index contributed by atoms with van der Waals surface area (Å²) in [5.41, 5.74) is 0. The average Bonchev–Trinajstić information content (AvgIpc) is 2.33. The Balaban J connectivity index is 0. The number of morpholine rings is 1. The first kappa shape index (κ1) is 17.3. The summed E-state index contributed by atoms with van der Waals surface area (Å²) in [6.07, 6.45) is 1.32. The molecule has 1 rings (SSSR count). The van der Waals surface area contributed by atoms with Gasteiger partial charge < -0.3 is 4.74 Å². The fourth-order valence-corrected chi connectivity index (χ4v) is 1.27. The molecule has 94 valence electrons. The molecule has 0 amide bonds. The predicted octanol–water partition coefficient (Wildman–Crippen LogP) is 3.42. The SMILES string of the molecule is CC.CC.CC(C)CCN1CCOCC1. The molecule has 1 saturated heterocycles. The van der Waals surface area contributed by atoms with Crippen molar-refractivity contribution in [3.05, 3.63) is 0 Å². The van der Waals surface area contributed by atoms with Gasteiger partial charge in [0.2, 0.25) is 0 Å². The maximum Gasteiger partial charge on any atom is 0.0594 e. The van der Waals surface area contributed by atoms with Crippen LogP contribution in [0.1, 0.15) is 48.0 Å². The van der Waals surface area contributed by atoms with Crippen molar-refractivity contribution >= 4 is 0 Å². The third-order valence-electron chi connectivity index (χ3n) is 2.13. The number of ether oxygens (including phenoxy) is 1. The van der Waals surface area contributed by atoms with E-state index in [0.717, 1.165) is 32.2 Å². The van der Waals surface area contributed by atoms with Crippen LogP contribution in [0.2, 0.25) is 0 Å². The minimum Gasteiger partial charge on any atom is -0.379 e. The van der Waals surface area contributed by atoms with Crippen molar-refractivity contribution in [1.82, 2.24) is 4.90 Å². The maximum atomic E-state index is 5.26. The number of rotatable bonds is 3. The van der Waals surface area contributed by atoms with Gasteiger partial charge in [0, 0.05) is 13.1 Å². The Bertz CT molecular complexity index is 98.7. The Morgan fingerprint density at radius 2 is 1.47 bits per heavy atom. The number of nitrogens with zero attached hydrogens (tertiary/aromatic N) is 1. The zero-order valence-corrected chi connectivity index (χ0v) is 11.7. The molecule has 0 N–H and O–H groups in total. The summed E-state index contributed by atoms with van der Waals surface area (Å²) in [7, 11) is 0. The Morgan fingerprint density at radius 3 is 1.87 bits per heavy atom. The second-order valence-electron chi connectivity index (χ2n) is 3.64. The molecular formula is C13H31NO. The van der Waals surface area contributed by atoms with E-state index < -0.39 is 0 Å². The first-order valence-corrected chi connectivity index (χ1v) is 6.59. The lowest BCUT2D eigenvalue weighted by Crippen LogP contribution is -2.37. The van der Waals surface area contributed by atoms with Crippen LogP contribution in [0.5, 0.6) is 0 Å². The second kappa shape index (κ2) is 13.9. The van der Waals surface area contributed by atoms with E-state index in [4.69, 9.17) is 4.74 Å². The monoisotopic (exact) mass is 217 g/mol. The van der Waals surface area contributed by atoms with Gasteiger partial charge in [-0.3, -0.25) is 4.90 Å². The summed E-state index contributed by atoms with van der Waals surface area (Å²) in [5.74, 6) is 0.831. The molecule has 0 aromatic carbocycles. The van der Waals surface area contributed by atoms with E-state index in [1.807, 2.05) is 27.7 Å². The number of hydrogen-bond donors (Lipinski definition) is 0. The zero-order chi connectivity index (χ0) is 12.1. The largest absolute Gasteiger partial charge is 0.379 e. The van der Waals surface area contributed by atoms with Crippen molar-refractivity contribution in [2.75, 3.05) is 32.8 Å². The molecule has 2 heteroatoms. The van der Waals surface area contributed by atoms with Crippen molar-refractivity contribution in [3.63, 3.8) is 0 Å². The van der Waals surface area contributed by atoms with Gasteiger partial charge in [0.25, 0.3) is 0 Å². The minimum absolute atomic E-state index is 0.831. The van der Waals surface area contributed by atoms with Crippen LogP contribution >= 0.6 is 0 Å². The van der Waals surface area contributed by atoms with Crippen molar-refractivity contribution in [1.29, 1.82) is 0 Å². The van der Waals surface area contributed by atoms with E-state index in [1.54, 1.807) is 0 Å². The summed E-state index contributed by atoms with van der Waals surface area (Å²) < 4.78 is 5.26. The molecule has 1 heterocycles. The van der Waals surface area contributed by atoms with Crippen molar-refractivity contribution in [3.8, 4) is 0 Å². The molecular weight excluding hydrogens is 186 g/mol. The highest BCUT2D eigenvalue weighted by molar-refractivity contribution is 4.62. The van der Waals surface area contributed by atoms with Crippen LogP contribution in [0.3, 0.4) is 0 Å². The molecule has 0 unspecified atom stereocenters. The van der Waals surface area contributed by atoms with Crippen LogP contribution in [0.15, 0.2) is 0 Å². The van der Waals surface area contributed by atoms with Gasteiger partial charge in [0.1, 0.15) is 0 Å². The Kier molecular flexibility index (Phi) is 16.1. The highest BCUT2D eigenvalue weighted by atomic mass is 16.5. The van der Waals surface area contributed by atoms with Crippen molar-refractivity contribution in [2.24, 2.45) is 5.92 Å². The van der Waals surface area contributed by atoms with Gasteiger partial charge in [-0.1, -0.05) is 41.5 Å². The van der Waals surface area contributed by atoms with Crippen LogP contribution in [0.4, 0.5) is 0 Å². The topological polar surface area (TPSA) is 12.5 Å². The molecule has 0 atom stereocenters. The van der Waals surface area contributed by atoms with Gasteiger partial charge in [0.15, 0.2) is 0 Å². The molecule has 0 spiro atoms. The fraction of sp³-hybridized carbons (Fsp3) is 1.00. The van der Waals surface area contributed by atoms with Gasteiger partial charge in [0.05, 0.1) is 13.2 Å². The van der Waals surface area contributed by atoms with Gasteiger partial charge in [-0.2, -0.15) is 0 Å². The van der Waals surface area contributed by atoms with E-state index in [-0.39, 0.29) is 0 Å². The molecule has 0 aliphatic carbocycles. The van der Waals surface area contributed by atoms with E-state index in [1.165, 1.54) is 13.0 Å². The molecule has 0 radical (unpaired) electrons. The average molecular weight is 217 g/mol. The van der Waals surface area contributed by atoms with Crippen LogP contribution in [0.25, 0.3) is 0 Å². The predicted molar refractivity (Wildman–Crippen MR) is 69.4 cm³/mol.